The fraction of sp³-hybridized carbons (Fsp3) is 0.625. The fourth-order valence-electron chi connectivity index (χ4n) is 0.572. The average Bonchev–Trinajstić information content (AvgIpc) is 2.56. The van der Waals surface area contributed by atoms with Crippen LogP contribution in [0.2, 0.25) is 0 Å². The Bertz CT molecular complexity index is 260. The van der Waals surface area contributed by atoms with Crippen molar-refractivity contribution in [3.63, 3.8) is 0 Å². The molecule has 0 aliphatic rings. The molecule has 0 bridgehead atoms. The molecule has 5 heteroatoms. The van der Waals surface area contributed by atoms with Gasteiger partial charge in [-0.2, -0.15) is 0 Å². The summed E-state index contributed by atoms with van der Waals surface area (Å²) in [6.45, 7) is 7.92. The Balaban J connectivity index is 0.000000671. The zero-order valence-corrected chi connectivity index (χ0v) is 9.14. The van der Waals surface area contributed by atoms with Crippen LogP contribution in [0.1, 0.15) is 35.6 Å². The number of carbonyl (C=O) groups is 1. The van der Waals surface area contributed by atoms with Crippen molar-refractivity contribution >= 4 is 17.3 Å². The van der Waals surface area contributed by atoms with E-state index >= 15 is 0 Å². The number of aryl methyl sites for hydroxylation is 1. The summed E-state index contributed by atoms with van der Waals surface area (Å²) in [6.07, 6.45) is 0. The van der Waals surface area contributed by atoms with Gasteiger partial charge in [0.05, 0.1) is 6.61 Å². The molecule has 0 amide bonds. The predicted molar refractivity (Wildman–Crippen MR) is 52.0 cm³/mol. The maximum absolute atomic E-state index is 10.9. The Kier molecular flexibility index (Phi) is 6.05. The quantitative estimate of drug-likeness (QED) is 0.689. The van der Waals surface area contributed by atoms with E-state index < -0.39 is 5.97 Å². The molecule has 1 heterocycles. The van der Waals surface area contributed by atoms with Crippen LogP contribution in [0.4, 0.5) is 0 Å². The first-order chi connectivity index (χ1) is 6.24. The van der Waals surface area contributed by atoms with Crippen molar-refractivity contribution in [3.8, 4) is 0 Å². The number of ether oxygens (including phenoxy) is 1. The van der Waals surface area contributed by atoms with E-state index in [2.05, 4.69) is 10.2 Å². The standard InChI is InChI=1S/C6H8N2O2S.C2H6/c1-3-10-6(9)5-8-7-4(2)11-5;1-2/h3H2,1-2H3;1-2H3. The summed E-state index contributed by atoms with van der Waals surface area (Å²) in [5.41, 5.74) is 0. The molecule has 74 valence electrons. The highest BCUT2D eigenvalue weighted by Crippen LogP contribution is 2.08. The fourth-order valence-corrected chi connectivity index (χ4v) is 1.16. The third kappa shape index (κ3) is 3.98. The zero-order chi connectivity index (χ0) is 10.3. The first kappa shape index (κ1) is 12.0. The van der Waals surface area contributed by atoms with Crippen LogP contribution in [0.5, 0.6) is 0 Å². The molecular weight excluding hydrogens is 188 g/mol. The third-order valence-corrected chi connectivity index (χ3v) is 1.79. The van der Waals surface area contributed by atoms with Gasteiger partial charge in [-0.05, 0) is 13.8 Å². The predicted octanol–water partition coefficient (Wildman–Crippen LogP) is 2.05. The van der Waals surface area contributed by atoms with Crippen LogP contribution in [-0.4, -0.2) is 22.8 Å². The van der Waals surface area contributed by atoms with Crippen LogP contribution >= 0.6 is 11.3 Å². The van der Waals surface area contributed by atoms with Gasteiger partial charge in [0.1, 0.15) is 5.01 Å². The van der Waals surface area contributed by atoms with Crippen molar-refractivity contribution in [2.45, 2.75) is 27.7 Å². The molecule has 4 nitrogen and oxygen atoms in total. The second kappa shape index (κ2) is 6.54. The molecule has 0 radical (unpaired) electrons. The van der Waals surface area contributed by atoms with Crippen LogP contribution < -0.4 is 0 Å². The molecule has 0 unspecified atom stereocenters. The summed E-state index contributed by atoms with van der Waals surface area (Å²) < 4.78 is 4.71. The van der Waals surface area contributed by atoms with Crippen molar-refractivity contribution in [2.75, 3.05) is 6.61 Å². The van der Waals surface area contributed by atoms with Crippen LogP contribution in [0.15, 0.2) is 0 Å². The number of hydrogen-bond donors (Lipinski definition) is 0. The molecule has 0 saturated heterocycles. The molecule has 0 spiro atoms. The smallest absolute Gasteiger partial charge is 0.369 e. The Morgan fingerprint density at radius 1 is 1.46 bits per heavy atom. The topological polar surface area (TPSA) is 52.1 Å². The van der Waals surface area contributed by atoms with E-state index in [0.29, 0.717) is 11.6 Å². The largest absolute Gasteiger partial charge is 0.461 e. The highest BCUT2D eigenvalue weighted by Gasteiger charge is 2.10. The summed E-state index contributed by atoms with van der Waals surface area (Å²) in [5, 5.41) is 8.41. The number of aromatic nitrogens is 2. The monoisotopic (exact) mass is 202 g/mol. The third-order valence-electron chi connectivity index (χ3n) is 0.976. The average molecular weight is 202 g/mol. The lowest BCUT2D eigenvalue weighted by Crippen LogP contribution is -2.03. The Morgan fingerprint density at radius 3 is 2.46 bits per heavy atom. The molecule has 0 atom stereocenters. The summed E-state index contributed by atoms with van der Waals surface area (Å²) >= 11 is 1.24. The van der Waals surface area contributed by atoms with Gasteiger partial charge in [-0.15, -0.1) is 10.2 Å². The minimum atomic E-state index is -0.391. The van der Waals surface area contributed by atoms with Gasteiger partial charge in [0.15, 0.2) is 0 Å². The molecule has 0 aromatic carbocycles. The Labute approximate surface area is 82.0 Å². The number of rotatable bonds is 2. The minimum absolute atomic E-state index is 0.323. The summed E-state index contributed by atoms with van der Waals surface area (Å²) in [7, 11) is 0. The van der Waals surface area contributed by atoms with Gasteiger partial charge in [-0.1, -0.05) is 25.2 Å². The van der Waals surface area contributed by atoms with E-state index in [1.54, 1.807) is 13.8 Å². The number of hydrogen-bond acceptors (Lipinski definition) is 5. The molecule has 0 N–H and O–H groups in total. The van der Waals surface area contributed by atoms with Crippen molar-refractivity contribution in [1.29, 1.82) is 0 Å². The normalized spacial score (nSPS) is 8.62. The Morgan fingerprint density at radius 2 is 2.08 bits per heavy atom. The van der Waals surface area contributed by atoms with Gasteiger partial charge in [0.25, 0.3) is 0 Å². The van der Waals surface area contributed by atoms with Gasteiger partial charge in [0.2, 0.25) is 5.01 Å². The van der Waals surface area contributed by atoms with Crippen LogP contribution in [0.3, 0.4) is 0 Å². The van der Waals surface area contributed by atoms with E-state index in [1.807, 2.05) is 13.8 Å². The van der Waals surface area contributed by atoms with Gasteiger partial charge < -0.3 is 4.74 Å². The van der Waals surface area contributed by atoms with E-state index in [0.717, 1.165) is 5.01 Å². The molecule has 1 aromatic heterocycles. The van der Waals surface area contributed by atoms with Crippen LogP contribution in [0, 0.1) is 6.92 Å². The summed E-state index contributed by atoms with van der Waals surface area (Å²) in [5.74, 6) is -0.391. The molecular formula is C8H14N2O2S. The van der Waals surface area contributed by atoms with Gasteiger partial charge in [-0.3, -0.25) is 0 Å². The van der Waals surface area contributed by atoms with E-state index in [-0.39, 0.29) is 0 Å². The molecule has 0 aliphatic carbocycles. The molecule has 0 aliphatic heterocycles. The number of carbonyl (C=O) groups excluding carboxylic acids is 1. The lowest BCUT2D eigenvalue weighted by molar-refractivity contribution is 0.0525. The molecule has 13 heavy (non-hydrogen) atoms. The number of nitrogens with zero attached hydrogens (tertiary/aromatic N) is 2. The maximum Gasteiger partial charge on any atom is 0.369 e. The highest BCUT2D eigenvalue weighted by atomic mass is 32.1. The summed E-state index contributed by atoms with van der Waals surface area (Å²) in [4.78, 5) is 10.9. The van der Waals surface area contributed by atoms with Crippen molar-refractivity contribution in [1.82, 2.24) is 10.2 Å². The minimum Gasteiger partial charge on any atom is -0.461 e. The lowest BCUT2D eigenvalue weighted by Gasteiger charge is -1.93. The van der Waals surface area contributed by atoms with Gasteiger partial charge in [0, 0.05) is 0 Å². The molecule has 0 saturated carbocycles. The van der Waals surface area contributed by atoms with Crippen LogP contribution in [-0.2, 0) is 4.74 Å². The second-order valence-electron chi connectivity index (χ2n) is 1.85. The van der Waals surface area contributed by atoms with Crippen molar-refractivity contribution in [2.24, 2.45) is 0 Å². The SMILES string of the molecule is CC.CCOC(=O)c1nnc(C)s1. The van der Waals surface area contributed by atoms with E-state index in [4.69, 9.17) is 4.74 Å². The Hall–Kier alpha value is -0.970. The van der Waals surface area contributed by atoms with Crippen molar-refractivity contribution < 1.29 is 9.53 Å². The lowest BCUT2D eigenvalue weighted by atomic mass is 10.7. The van der Waals surface area contributed by atoms with Gasteiger partial charge >= 0.3 is 5.97 Å². The zero-order valence-electron chi connectivity index (χ0n) is 8.33. The van der Waals surface area contributed by atoms with Crippen LogP contribution in [0.25, 0.3) is 0 Å². The highest BCUT2D eigenvalue weighted by molar-refractivity contribution is 7.13. The first-order valence-corrected chi connectivity index (χ1v) is 5.03. The molecule has 1 rings (SSSR count). The maximum atomic E-state index is 10.9. The summed E-state index contributed by atoms with van der Waals surface area (Å²) in [6, 6.07) is 0. The second-order valence-corrected chi connectivity index (χ2v) is 3.03. The van der Waals surface area contributed by atoms with E-state index in [9.17, 15) is 4.79 Å². The van der Waals surface area contributed by atoms with E-state index in [1.165, 1.54) is 11.3 Å². The molecule has 1 aromatic rings. The van der Waals surface area contributed by atoms with Crippen molar-refractivity contribution in [3.05, 3.63) is 10.0 Å². The van der Waals surface area contributed by atoms with Gasteiger partial charge in [-0.25, -0.2) is 4.79 Å². The first-order valence-electron chi connectivity index (χ1n) is 4.21. The number of esters is 1. The molecule has 0 fully saturated rings.